The first-order valence-corrected chi connectivity index (χ1v) is 9.74. The first kappa shape index (κ1) is 17.8. The molecule has 1 amide bonds. The van der Waals surface area contributed by atoms with Crippen LogP contribution in [0.1, 0.15) is 15.9 Å². The highest BCUT2D eigenvalue weighted by atomic mass is 32.2. The quantitative estimate of drug-likeness (QED) is 0.708. The number of sulfonamides is 1. The molecule has 1 aliphatic heterocycles. The standard InChI is InChI=1S/C18H14N6O3S/c19-3-4-23-11-15(8-22-23)24-10-14-5-12(1-2-17(14)18(24)25)13-6-16(9-21-7-13)28(20,26)27/h1-2,5-9,11H,4,10H2,(H2,20,26,27). The van der Waals surface area contributed by atoms with Crippen molar-refractivity contribution in [3.8, 4) is 17.2 Å². The van der Waals surface area contributed by atoms with Gasteiger partial charge in [0.15, 0.2) is 0 Å². The predicted molar refractivity (Wildman–Crippen MR) is 99.4 cm³/mol. The molecule has 0 saturated carbocycles. The molecule has 140 valence electrons. The van der Waals surface area contributed by atoms with Gasteiger partial charge in [0.1, 0.15) is 11.4 Å². The van der Waals surface area contributed by atoms with Crippen LogP contribution < -0.4 is 10.0 Å². The Morgan fingerprint density at radius 2 is 2.00 bits per heavy atom. The zero-order valence-corrected chi connectivity index (χ0v) is 15.3. The van der Waals surface area contributed by atoms with Gasteiger partial charge >= 0.3 is 0 Å². The van der Waals surface area contributed by atoms with E-state index in [4.69, 9.17) is 10.4 Å². The fourth-order valence-corrected chi connectivity index (χ4v) is 3.59. The third-order valence-electron chi connectivity index (χ3n) is 4.45. The Hall–Kier alpha value is -3.55. The average molecular weight is 394 g/mol. The highest BCUT2D eigenvalue weighted by Crippen LogP contribution is 2.31. The van der Waals surface area contributed by atoms with Crippen LogP contribution in [0.15, 0.2) is 53.9 Å². The Morgan fingerprint density at radius 1 is 1.18 bits per heavy atom. The van der Waals surface area contributed by atoms with Crippen LogP contribution in [-0.2, 0) is 23.1 Å². The number of nitrogens with zero attached hydrogens (tertiary/aromatic N) is 5. The molecular formula is C18H14N6O3S. The Labute approximate surface area is 160 Å². The van der Waals surface area contributed by atoms with E-state index in [2.05, 4.69) is 10.1 Å². The maximum atomic E-state index is 12.7. The molecule has 0 unspecified atom stereocenters. The number of nitrogens with two attached hydrogens (primary N) is 1. The van der Waals surface area contributed by atoms with Crippen molar-refractivity contribution in [3.63, 3.8) is 0 Å². The fourth-order valence-electron chi connectivity index (χ4n) is 3.09. The van der Waals surface area contributed by atoms with Gasteiger partial charge in [0.25, 0.3) is 5.91 Å². The molecule has 10 heteroatoms. The lowest BCUT2D eigenvalue weighted by Gasteiger charge is -2.12. The van der Waals surface area contributed by atoms with E-state index in [1.807, 2.05) is 12.1 Å². The van der Waals surface area contributed by atoms with E-state index in [-0.39, 0.29) is 17.3 Å². The number of hydrogen-bond donors (Lipinski definition) is 1. The first-order valence-electron chi connectivity index (χ1n) is 8.19. The van der Waals surface area contributed by atoms with Crippen LogP contribution in [0.25, 0.3) is 11.1 Å². The number of carbonyl (C=O) groups is 1. The maximum absolute atomic E-state index is 12.7. The number of primary sulfonamides is 1. The number of aromatic nitrogens is 3. The highest BCUT2D eigenvalue weighted by molar-refractivity contribution is 7.89. The van der Waals surface area contributed by atoms with Gasteiger partial charge in [-0.1, -0.05) is 6.07 Å². The third-order valence-corrected chi connectivity index (χ3v) is 5.33. The van der Waals surface area contributed by atoms with Gasteiger partial charge < -0.3 is 4.90 Å². The number of benzene rings is 1. The Kier molecular flexibility index (Phi) is 4.18. The van der Waals surface area contributed by atoms with Gasteiger partial charge in [0.2, 0.25) is 10.0 Å². The summed E-state index contributed by atoms with van der Waals surface area (Å²) in [5.41, 5.74) is 3.29. The van der Waals surface area contributed by atoms with Crippen molar-refractivity contribution in [2.45, 2.75) is 18.0 Å². The van der Waals surface area contributed by atoms with Crippen molar-refractivity contribution in [2.75, 3.05) is 4.90 Å². The van der Waals surface area contributed by atoms with Crippen LogP contribution in [0, 0.1) is 11.3 Å². The van der Waals surface area contributed by atoms with Crippen molar-refractivity contribution in [1.82, 2.24) is 14.8 Å². The predicted octanol–water partition coefficient (Wildman–Crippen LogP) is 1.28. The van der Waals surface area contributed by atoms with Gasteiger partial charge in [-0.2, -0.15) is 10.4 Å². The number of hydrogen-bond acceptors (Lipinski definition) is 6. The lowest BCUT2D eigenvalue weighted by molar-refractivity contribution is 0.0996. The Bertz CT molecular complexity index is 1240. The number of pyridine rings is 1. The van der Waals surface area contributed by atoms with Gasteiger partial charge in [0.05, 0.1) is 24.5 Å². The smallest absolute Gasteiger partial charge is 0.259 e. The van der Waals surface area contributed by atoms with E-state index in [9.17, 15) is 13.2 Å². The van der Waals surface area contributed by atoms with Gasteiger partial charge in [0, 0.05) is 29.7 Å². The summed E-state index contributed by atoms with van der Waals surface area (Å²) < 4.78 is 24.6. The molecular weight excluding hydrogens is 380 g/mol. The average Bonchev–Trinajstić information content (AvgIpc) is 3.26. The molecule has 28 heavy (non-hydrogen) atoms. The fraction of sp³-hybridized carbons (Fsp3) is 0.111. The molecule has 1 aromatic carbocycles. The molecule has 1 aliphatic rings. The summed E-state index contributed by atoms with van der Waals surface area (Å²) in [6, 6.07) is 8.72. The Balaban J connectivity index is 1.67. The second-order valence-corrected chi connectivity index (χ2v) is 7.83. The molecule has 2 N–H and O–H groups in total. The van der Waals surface area contributed by atoms with Crippen LogP contribution >= 0.6 is 0 Å². The number of anilines is 1. The topological polar surface area (TPSA) is 135 Å². The summed E-state index contributed by atoms with van der Waals surface area (Å²) in [6.45, 7) is 0.453. The van der Waals surface area contributed by atoms with Crippen molar-refractivity contribution in [2.24, 2.45) is 5.14 Å². The molecule has 0 fully saturated rings. The van der Waals surface area contributed by atoms with Crippen LogP contribution in [0.4, 0.5) is 5.69 Å². The van der Waals surface area contributed by atoms with Gasteiger partial charge in [-0.3, -0.25) is 14.5 Å². The number of amides is 1. The van der Waals surface area contributed by atoms with E-state index in [0.717, 1.165) is 11.1 Å². The van der Waals surface area contributed by atoms with Crippen molar-refractivity contribution < 1.29 is 13.2 Å². The number of fused-ring (bicyclic) bond motifs is 1. The molecule has 0 bridgehead atoms. The van der Waals surface area contributed by atoms with E-state index < -0.39 is 10.0 Å². The SMILES string of the molecule is N#CCn1cc(N2Cc3cc(-c4cncc(S(N)(=O)=O)c4)ccc3C2=O)cn1. The van der Waals surface area contributed by atoms with Gasteiger partial charge in [-0.05, 0) is 29.3 Å². The number of nitriles is 1. The number of rotatable bonds is 4. The van der Waals surface area contributed by atoms with Crippen molar-refractivity contribution >= 4 is 21.6 Å². The molecule has 3 heterocycles. The molecule has 0 aliphatic carbocycles. The van der Waals surface area contributed by atoms with E-state index in [1.165, 1.54) is 23.1 Å². The van der Waals surface area contributed by atoms with Crippen LogP contribution in [0.2, 0.25) is 0 Å². The normalized spacial score (nSPS) is 13.4. The van der Waals surface area contributed by atoms with E-state index in [1.54, 1.807) is 29.4 Å². The highest BCUT2D eigenvalue weighted by Gasteiger charge is 2.29. The molecule has 0 saturated heterocycles. The summed E-state index contributed by atoms with van der Waals surface area (Å²) >= 11 is 0. The molecule has 2 aromatic heterocycles. The minimum Gasteiger partial charge on any atom is -0.301 e. The largest absolute Gasteiger partial charge is 0.301 e. The minimum atomic E-state index is -3.86. The minimum absolute atomic E-state index is 0.0758. The lowest BCUT2D eigenvalue weighted by Crippen LogP contribution is -2.22. The summed E-state index contributed by atoms with van der Waals surface area (Å²) in [4.78, 5) is 18.2. The molecule has 0 atom stereocenters. The number of carbonyl (C=O) groups excluding carboxylic acids is 1. The third kappa shape index (κ3) is 3.13. The second kappa shape index (κ2) is 6.56. The molecule has 0 radical (unpaired) electrons. The summed E-state index contributed by atoms with van der Waals surface area (Å²) in [5, 5.41) is 18.0. The van der Waals surface area contributed by atoms with Crippen LogP contribution in [-0.4, -0.2) is 29.1 Å². The van der Waals surface area contributed by atoms with Crippen molar-refractivity contribution in [3.05, 3.63) is 60.2 Å². The van der Waals surface area contributed by atoms with Gasteiger partial charge in [-0.15, -0.1) is 0 Å². The molecule has 4 rings (SSSR count). The molecule has 9 nitrogen and oxygen atoms in total. The second-order valence-electron chi connectivity index (χ2n) is 6.27. The summed E-state index contributed by atoms with van der Waals surface area (Å²) in [5.74, 6) is -0.158. The monoisotopic (exact) mass is 394 g/mol. The van der Waals surface area contributed by atoms with E-state index in [0.29, 0.717) is 23.4 Å². The van der Waals surface area contributed by atoms with Gasteiger partial charge in [-0.25, -0.2) is 13.6 Å². The summed E-state index contributed by atoms with van der Waals surface area (Å²) in [6.07, 6.45) is 5.92. The maximum Gasteiger partial charge on any atom is 0.259 e. The summed E-state index contributed by atoms with van der Waals surface area (Å²) in [7, 11) is -3.86. The molecule has 3 aromatic rings. The zero-order chi connectivity index (χ0) is 19.9. The van der Waals surface area contributed by atoms with Crippen molar-refractivity contribution in [1.29, 1.82) is 5.26 Å². The van der Waals surface area contributed by atoms with E-state index >= 15 is 0 Å². The lowest BCUT2D eigenvalue weighted by atomic mass is 10.0. The molecule has 0 spiro atoms. The first-order chi connectivity index (χ1) is 13.4. The zero-order valence-electron chi connectivity index (χ0n) is 14.5. The van der Waals surface area contributed by atoms with Crippen LogP contribution in [0.5, 0.6) is 0 Å². The Morgan fingerprint density at radius 3 is 2.75 bits per heavy atom. The van der Waals surface area contributed by atoms with Crippen LogP contribution in [0.3, 0.4) is 0 Å².